The van der Waals surface area contributed by atoms with Crippen molar-refractivity contribution in [1.29, 1.82) is 0 Å². The molecule has 0 saturated carbocycles. The van der Waals surface area contributed by atoms with E-state index in [1.807, 2.05) is 42.5 Å². The van der Waals surface area contributed by atoms with Gasteiger partial charge in [0.25, 0.3) is 0 Å². The van der Waals surface area contributed by atoms with Gasteiger partial charge >= 0.3 is 12.0 Å². The summed E-state index contributed by atoms with van der Waals surface area (Å²) in [4.78, 5) is 23.2. The monoisotopic (exact) mass is 372 g/mol. The number of amides is 2. The number of esters is 1. The Morgan fingerprint density at radius 2 is 1.88 bits per heavy atom. The molecule has 0 aliphatic heterocycles. The summed E-state index contributed by atoms with van der Waals surface area (Å²) in [5.74, 6) is 0.989. The normalized spacial score (nSPS) is 11.5. The molecule has 0 spiro atoms. The molecular weight excluding hydrogens is 348 g/mol. The lowest BCUT2D eigenvalue weighted by Crippen LogP contribution is -2.31. The van der Waals surface area contributed by atoms with Crippen LogP contribution in [0.4, 0.5) is 10.5 Å². The van der Waals surface area contributed by atoms with Crippen molar-refractivity contribution in [2.75, 3.05) is 24.7 Å². The average Bonchev–Trinajstić information content (AvgIpc) is 2.67. The number of rotatable bonds is 8. The van der Waals surface area contributed by atoms with E-state index >= 15 is 0 Å². The van der Waals surface area contributed by atoms with Gasteiger partial charge in [-0.1, -0.05) is 49.4 Å². The van der Waals surface area contributed by atoms with Crippen LogP contribution in [0, 0.1) is 0 Å². The van der Waals surface area contributed by atoms with Gasteiger partial charge in [-0.2, -0.15) is 0 Å². The zero-order chi connectivity index (χ0) is 18.8. The van der Waals surface area contributed by atoms with Gasteiger partial charge in [0.15, 0.2) is 0 Å². The third-order valence-corrected chi connectivity index (χ3v) is 4.82. The molecule has 0 aliphatic carbocycles. The van der Waals surface area contributed by atoms with E-state index in [0.29, 0.717) is 18.1 Å². The number of methoxy groups -OCH3 is 1. The van der Waals surface area contributed by atoms with E-state index in [2.05, 4.69) is 34.4 Å². The molecule has 0 fully saturated rings. The Morgan fingerprint density at radius 1 is 1.12 bits per heavy atom. The summed E-state index contributed by atoms with van der Waals surface area (Å²) in [5.41, 5.74) is 2.96. The topological polar surface area (TPSA) is 67.4 Å². The molecule has 0 bridgehead atoms. The van der Waals surface area contributed by atoms with Gasteiger partial charge in [-0.3, -0.25) is 4.79 Å². The lowest BCUT2D eigenvalue weighted by atomic mass is 10.0. The van der Waals surface area contributed by atoms with Crippen LogP contribution < -0.4 is 10.6 Å². The Bertz CT molecular complexity index is 722. The van der Waals surface area contributed by atoms with Crippen LogP contribution in [0.3, 0.4) is 0 Å². The molecule has 2 aromatic carbocycles. The molecule has 2 amide bonds. The second-order valence-electron chi connectivity index (χ2n) is 5.92. The second-order valence-corrected chi connectivity index (χ2v) is 6.90. The number of ether oxygens (including phenoxy) is 1. The minimum atomic E-state index is -0.240. The van der Waals surface area contributed by atoms with Crippen LogP contribution in [0.5, 0.6) is 0 Å². The van der Waals surface area contributed by atoms with E-state index in [1.165, 1.54) is 24.4 Å². The van der Waals surface area contributed by atoms with E-state index < -0.39 is 0 Å². The second kappa shape index (κ2) is 10.5. The third kappa shape index (κ3) is 6.80. The van der Waals surface area contributed by atoms with Crippen molar-refractivity contribution in [3.63, 3.8) is 0 Å². The number of hydrogen-bond donors (Lipinski definition) is 2. The fourth-order valence-electron chi connectivity index (χ4n) is 2.37. The maximum absolute atomic E-state index is 12.1. The Kier molecular flexibility index (Phi) is 8.02. The molecule has 0 saturated heterocycles. The summed E-state index contributed by atoms with van der Waals surface area (Å²) < 4.78 is 4.62. The average molecular weight is 372 g/mol. The SMILES string of the molecule is COC(=O)CSCc1cccc(NC(=O)NCC(C)c2ccccc2)c1. The minimum Gasteiger partial charge on any atom is -0.468 e. The summed E-state index contributed by atoms with van der Waals surface area (Å²) in [6.45, 7) is 2.64. The highest BCUT2D eigenvalue weighted by molar-refractivity contribution is 7.99. The summed E-state index contributed by atoms with van der Waals surface area (Å²) in [6.07, 6.45) is 0. The van der Waals surface area contributed by atoms with Gasteiger partial charge in [-0.05, 0) is 29.2 Å². The van der Waals surface area contributed by atoms with E-state index in [4.69, 9.17) is 0 Å². The Labute approximate surface area is 158 Å². The molecule has 2 N–H and O–H groups in total. The third-order valence-electron chi connectivity index (χ3n) is 3.84. The number of thioether (sulfide) groups is 1. The van der Waals surface area contributed by atoms with Crippen LogP contribution in [-0.4, -0.2) is 31.4 Å². The van der Waals surface area contributed by atoms with Crippen molar-refractivity contribution >= 4 is 29.4 Å². The number of hydrogen-bond acceptors (Lipinski definition) is 4. The highest BCUT2D eigenvalue weighted by atomic mass is 32.2. The van der Waals surface area contributed by atoms with Crippen LogP contribution in [0.2, 0.25) is 0 Å². The molecule has 0 aromatic heterocycles. The molecule has 1 unspecified atom stereocenters. The number of benzene rings is 2. The van der Waals surface area contributed by atoms with Crippen molar-refractivity contribution in [1.82, 2.24) is 5.32 Å². The van der Waals surface area contributed by atoms with Crippen molar-refractivity contribution < 1.29 is 14.3 Å². The molecular formula is C20H24N2O3S. The minimum absolute atomic E-state index is 0.229. The molecule has 138 valence electrons. The number of carbonyl (C=O) groups is 2. The first-order valence-electron chi connectivity index (χ1n) is 8.41. The first kappa shape index (κ1) is 19.8. The molecule has 26 heavy (non-hydrogen) atoms. The number of anilines is 1. The van der Waals surface area contributed by atoms with Crippen LogP contribution in [-0.2, 0) is 15.3 Å². The quantitative estimate of drug-likeness (QED) is 0.687. The lowest BCUT2D eigenvalue weighted by molar-refractivity contribution is -0.137. The predicted molar refractivity (Wildman–Crippen MR) is 106 cm³/mol. The zero-order valence-electron chi connectivity index (χ0n) is 15.0. The number of urea groups is 1. The maximum Gasteiger partial charge on any atom is 0.319 e. The van der Waals surface area contributed by atoms with Crippen LogP contribution >= 0.6 is 11.8 Å². The Hall–Kier alpha value is -2.47. The van der Waals surface area contributed by atoms with Crippen molar-refractivity contribution in [3.8, 4) is 0 Å². The van der Waals surface area contributed by atoms with Gasteiger partial charge in [0.2, 0.25) is 0 Å². The number of nitrogens with one attached hydrogen (secondary N) is 2. The fourth-order valence-corrected chi connectivity index (χ4v) is 3.17. The molecule has 1 atom stereocenters. The summed E-state index contributed by atoms with van der Waals surface area (Å²) in [7, 11) is 1.38. The zero-order valence-corrected chi connectivity index (χ0v) is 15.8. The van der Waals surface area contributed by atoms with Crippen LogP contribution in [0.1, 0.15) is 24.0 Å². The highest BCUT2D eigenvalue weighted by Crippen LogP contribution is 2.17. The fraction of sp³-hybridized carbons (Fsp3) is 0.300. The van der Waals surface area contributed by atoms with Gasteiger partial charge in [-0.25, -0.2) is 4.79 Å². The molecule has 2 rings (SSSR count). The van der Waals surface area contributed by atoms with E-state index in [-0.39, 0.29) is 17.9 Å². The molecule has 2 aromatic rings. The Morgan fingerprint density at radius 3 is 2.62 bits per heavy atom. The van der Waals surface area contributed by atoms with Crippen LogP contribution in [0.25, 0.3) is 0 Å². The van der Waals surface area contributed by atoms with Crippen molar-refractivity contribution in [2.24, 2.45) is 0 Å². The van der Waals surface area contributed by atoms with E-state index in [0.717, 1.165) is 11.3 Å². The van der Waals surface area contributed by atoms with Crippen molar-refractivity contribution in [3.05, 3.63) is 65.7 Å². The van der Waals surface area contributed by atoms with Gasteiger partial charge < -0.3 is 15.4 Å². The maximum atomic E-state index is 12.1. The summed E-state index contributed by atoms with van der Waals surface area (Å²) in [5, 5.41) is 5.75. The molecule has 5 nitrogen and oxygen atoms in total. The van der Waals surface area contributed by atoms with Crippen LogP contribution in [0.15, 0.2) is 54.6 Å². The molecule has 0 aliphatic rings. The highest BCUT2D eigenvalue weighted by Gasteiger charge is 2.08. The summed E-state index contributed by atoms with van der Waals surface area (Å²) >= 11 is 1.48. The molecule has 0 heterocycles. The van der Waals surface area contributed by atoms with Gasteiger partial charge in [0, 0.05) is 18.0 Å². The predicted octanol–water partition coefficient (Wildman–Crippen LogP) is 4.02. The first-order valence-corrected chi connectivity index (χ1v) is 9.57. The van der Waals surface area contributed by atoms with E-state index in [9.17, 15) is 9.59 Å². The van der Waals surface area contributed by atoms with Gasteiger partial charge in [0.05, 0.1) is 12.9 Å². The summed E-state index contributed by atoms with van der Waals surface area (Å²) in [6, 6.07) is 17.4. The largest absolute Gasteiger partial charge is 0.468 e. The van der Waals surface area contributed by atoms with Gasteiger partial charge in [0.1, 0.15) is 0 Å². The van der Waals surface area contributed by atoms with Crippen molar-refractivity contribution in [2.45, 2.75) is 18.6 Å². The lowest BCUT2D eigenvalue weighted by Gasteiger charge is -2.14. The Balaban J connectivity index is 1.79. The first-order chi connectivity index (χ1) is 12.6. The standard InChI is InChI=1S/C20H24N2O3S/c1-15(17-8-4-3-5-9-17)12-21-20(24)22-18-10-6-7-16(11-18)13-26-14-19(23)25-2/h3-11,15H,12-14H2,1-2H3,(H2,21,22,24). The molecule has 0 radical (unpaired) electrons. The molecule has 6 heteroatoms. The van der Waals surface area contributed by atoms with E-state index in [1.54, 1.807) is 0 Å². The smallest absolute Gasteiger partial charge is 0.319 e. The number of carbonyl (C=O) groups excluding carboxylic acids is 2. The van der Waals surface area contributed by atoms with Gasteiger partial charge in [-0.15, -0.1) is 11.8 Å².